The minimum atomic E-state index is -0.734. The Morgan fingerprint density at radius 1 is 1.09 bits per heavy atom. The molecule has 0 atom stereocenters. The van der Waals surface area contributed by atoms with E-state index in [4.69, 9.17) is 28.5 Å². The van der Waals surface area contributed by atoms with E-state index >= 15 is 0 Å². The van der Waals surface area contributed by atoms with Crippen LogP contribution in [0.15, 0.2) is 50.9 Å². The van der Waals surface area contributed by atoms with E-state index in [9.17, 15) is 4.79 Å². The fourth-order valence-corrected chi connectivity index (χ4v) is 3.76. The quantitative estimate of drug-likeness (QED) is 0.317. The molecule has 0 aliphatic heterocycles. The van der Waals surface area contributed by atoms with Gasteiger partial charge in [0.2, 0.25) is 11.7 Å². The molecule has 184 valence electrons. The molecule has 3 aromatic rings. The number of amides is 1. The number of benzene rings is 2. The van der Waals surface area contributed by atoms with Crippen LogP contribution in [0.5, 0.6) is 11.5 Å². The Labute approximate surface area is 207 Å². The van der Waals surface area contributed by atoms with Gasteiger partial charge in [-0.1, -0.05) is 5.16 Å². The zero-order valence-electron chi connectivity index (χ0n) is 20.3. The van der Waals surface area contributed by atoms with E-state index in [1.54, 1.807) is 40.6 Å². The van der Waals surface area contributed by atoms with E-state index in [0.717, 1.165) is 11.1 Å². The van der Waals surface area contributed by atoms with Crippen molar-refractivity contribution in [3.8, 4) is 22.9 Å². The maximum Gasteiger partial charge on any atom is 0.434 e. The van der Waals surface area contributed by atoms with Crippen molar-refractivity contribution in [1.82, 2.24) is 10.1 Å². The van der Waals surface area contributed by atoms with Gasteiger partial charge in [0.25, 0.3) is 0 Å². The van der Waals surface area contributed by atoms with Gasteiger partial charge in [0.05, 0.1) is 33.6 Å². The van der Waals surface area contributed by atoms with Crippen LogP contribution in [0.3, 0.4) is 0 Å². The number of hydrogen-bond donors (Lipinski definition) is 0. The Hall–Kier alpha value is -3.70. The molecule has 0 bridgehead atoms. The van der Waals surface area contributed by atoms with Gasteiger partial charge in [0, 0.05) is 30.7 Å². The molecular formula is C24H26N4O6S. The van der Waals surface area contributed by atoms with Gasteiger partial charge in [0.1, 0.15) is 10.8 Å². The molecule has 0 spiro atoms. The van der Waals surface area contributed by atoms with Crippen LogP contribution in [-0.4, -0.2) is 61.7 Å². The van der Waals surface area contributed by atoms with E-state index in [2.05, 4.69) is 15.1 Å². The van der Waals surface area contributed by atoms with Gasteiger partial charge in [-0.3, -0.25) is 0 Å². The SMILES string of the molecule is COCc1cc(C(=Nc2ccc(-c3noc(C)n3)cc2)C(=NC(=O)OC)SC)cc(OC)c1OC. The molecule has 0 aliphatic rings. The minimum absolute atomic E-state index is 0.280. The number of aryl methyl sites for hydroxylation is 1. The standard InChI is InChI=1S/C24H26N4O6S/c1-14-25-22(28-34-14)15-7-9-18(10-8-15)26-20(23(35-6)27-24(29)33-5)16-11-17(13-30-2)21(32-4)19(12-16)31-3/h7-12H,13H2,1-6H3. The minimum Gasteiger partial charge on any atom is -0.493 e. The van der Waals surface area contributed by atoms with Crippen molar-refractivity contribution >= 4 is 34.3 Å². The Bertz CT molecular complexity index is 1240. The number of carbonyl (C=O) groups excluding carboxylic acids is 1. The van der Waals surface area contributed by atoms with Crippen molar-refractivity contribution < 1.29 is 28.3 Å². The number of thioether (sulfide) groups is 1. The van der Waals surface area contributed by atoms with Crippen molar-refractivity contribution in [3.63, 3.8) is 0 Å². The molecule has 1 heterocycles. The highest BCUT2D eigenvalue weighted by Gasteiger charge is 2.20. The molecule has 35 heavy (non-hydrogen) atoms. The predicted molar refractivity (Wildman–Crippen MR) is 134 cm³/mol. The molecule has 1 aromatic heterocycles. The van der Waals surface area contributed by atoms with Crippen LogP contribution >= 0.6 is 11.8 Å². The molecule has 0 radical (unpaired) electrons. The summed E-state index contributed by atoms with van der Waals surface area (Å²) in [5.41, 5.74) is 3.26. The van der Waals surface area contributed by atoms with Crippen LogP contribution in [-0.2, 0) is 16.1 Å². The Morgan fingerprint density at radius 3 is 2.37 bits per heavy atom. The third-order valence-electron chi connectivity index (χ3n) is 4.79. The first-order valence-electron chi connectivity index (χ1n) is 10.4. The topological polar surface area (TPSA) is 118 Å². The summed E-state index contributed by atoms with van der Waals surface area (Å²) in [6, 6.07) is 10.9. The molecule has 10 nitrogen and oxygen atoms in total. The van der Waals surface area contributed by atoms with Gasteiger partial charge in [-0.15, -0.1) is 11.8 Å². The highest BCUT2D eigenvalue weighted by molar-refractivity contribution is 8.15. The zero-order valence-corrected chi connectivity index (χ0v) is 21.1. The summed E-state index contributed by atoms with van der Waals surface area (Å²) in [6.07, 6.45) is 1.07. The molecule has 0 saturated heterocycles. The summed E-state index contributed by atoms with van der Waals surface area (Å²) in [6.45, 7) is 2.01. The maximum atomic E-state index is 12.0. The average Bonchev–Trinajstić information content (AvgIpc) is 3.32. The zero-order chi connectivity index (χ0) is 25.4. The van der Waals surface area contributed by atoms with Crippen LogP contribution in [0.1, 0.15) is 17.0 Å². The molecule has 0 unspecified atom stereocenters. The van der Waals surface area contributed by atoms with Crippen LogP contribution < -0.4 is 9.47 Å². The molecule has 1 amide bonds. The van der Waals surface area contributed by atoms with E-state index in [0.29, 0.717) is 45.2 Å². The highest BCUT2D eigenvalue weighted by Crippen LogP contribution is 2.34. The Balaban J connectivity index is 2.16. The second-order valence-electron chi connectivity index (χ2n) is 7.04. The number of methoxy groups -OCH3 is 4. The van der Waals surface area contributed by atoms with Crippen molar-refractivity contribution in [1.29, 1.82) is 0 Å². The van der Waals surface area contributed by atoms with Gasteiger partial charge >= 0.3 is 6.09 Å². The van der Waals surface area contributed by atoms with Crippen molar-refractivity contribution in [2.75, 3.05) is 34.7 Å². The number of nitrogens with zero attached hydrogens (tertiary/aromatic N) is 4. The predicted octanol–water partition coefficient (Wildman–Crippen LogP) is 4.86. The lowest BCUT2D eigenvalue weighted by molar-refractivity contribution is 0.181. The van der Waals surface area contributed by atoms with E-state index < -0.39 is 6.09 Å². The molecule has 0 aliphatic carbocycles. The normalized spacial score (nSPS) is 11.9. The number of aliphatic imine (C=N–C) groups is 2. The first kappa shape index (κ1) is 25.9. The lowest BCUT2D eigenvalue weighted by Gasteiger charge is -2.16. The molecule has 11 heteroatoms. The van der Waals surface area contributed by atoms with Crippen LogP contribution in [0.2, 0.25) is 0 Å². The smallest absolute Gasteiger partial charge is 0.434 e. The number of rotatable bonds is 8. The maximum absolute atomic E-state index is 12.0. The monoisotopic (exact) mass is 498 g/mol. The summed E-state index contributed by atoms with van der Waals surface area (Å²) < 4.78 is 26.2. The largest absolute Gasteiger partial charge is 0.493 e. The summed E-state index contributed by atoms with van der Waals surface area (Å²) in [5.74, 6) is 2.01. The van der Waals surface area contributed by atoms with E-state index in [1.165, 1.54) is 18.9 Å². The summed E-state index contributed by atoms with van der Waals surface area (Å²) in [4.78, 5) is 25.1. The Kier molecular flexibility index (Phi) is 8.98. The second-order valence-corrected chi connectivity index (χ2v) is 7.83. The van der Waals surface area contributed by atoms with E-state index in [1.807, 2.05) is 30.3 Å². The molecule has 0 saturated carbocycles. The van der Waals surface area contributed by atoms with E-state index in [-0.39, 0.29) is 6.61 Å². The van der Waals surface area contributed by atoms with Crippen LogP contribution in [0.4, 0.5) is 10.5 Å². The van der Waals surface area contributed by atoms with Gasteiger partial charge in [0.15, 0.2) is 11.5 Å². The number of ether oxygens (including phenoxy) is 4. The molecule has 3 rings (SSSR count). The lowest BCUT2D eigenvalue weighted by Crippen LogP contribution is -2.15. The van der Waals surface area contributed by atoms with Crippen LogP contribution in [0.25, 0.3) is 11.4 Å². The molecular weight excluding hydrogens is 472 g/mol. The first-order valence-corrected chi connectivity index (χ1v) is 11.6. The number of carbonyl (C=O) groups is 1. The third-order valence-corrected chi connectivity index (χ3v) is 5.46. The summed E-state index contributed by atoms with van der Waals surface area (Å²) >= 11 is 1.26. The third kappa shape index (κ3) is 6.25. The van der Waals surface area contributed by atoms with Crippen molar-refractivity contribution in [2.24, 2.45) is 9.98 Å². The first-order chi connectivity index (χ1) is 16.9. The number of aromatic nitrogens is 2. The highest BCUT2D eigenvalue weighted by atomic mass is 32.2. The molecule has 0 N–H and O–H groups in total. The van der Waals surface area contributed by atoms with Crippen LogP contribution in [0, 0.1) is 6.92 Å². The summed E-state index contributed by atoms with van der Waals surface area (Å²) in [5, 5.41) is 4.30. The number of hydrogen-bond acceptors (Lipinski definition) is 10. The van der Waals surface area contributed by atoms with Crippen molar-refractivity contribution in [2.45, 2.75) is 13.5 Å². The molecule has 2 aromatic carbocycles. The lowest BCUT2D eigenvalue weighted by atomic mass is 10.0. The van der Waals surface area contributed by atoms with Gasteiger partial charge < -0.3 is 23.5 Å². The summed E-state index contributed by atoms with van der Waals surface area (Å²) in [7, 11) is 5.97. The second kappa shape index (κ2) is 12.1. The van der Waals surface area contributed by atoms with Gasteiger partial charge in [-0.2, -0.15) is 9.98 Å². The van der Waals surface area contributed by atoms with Crippen molar-refractivity contribution in [3.05, 3.63) is 53.4 Å². The Morgan fingerprint density at radius 2 is 1.83 bits per heavy atom. The molecule has 0 fully saturated rings. The fourth-order valence-electron chi connectivity index (χ4n) is 3.23. The average molecular weight is 499 g/mol. The van der Waals surface area contributed by atoms with Gasteiger partial charge in [-0.05, 0) is 42.7 Å². The fraction of sp³-hybridized carbons (Fsp3) is 0.292. The van der Waals surface area contributed by atoms with Gasteiger partial charge in [-0.25, -0.2) is 9.79 Å².